The fraction of sp³-hybridized carbons (Fsp3) is 0.440. The Balaban J connectivity index is 1.60. The number of piperidine rings is 1. The maximum atomic E-state index is 9.44. The number of aromatic nitrogens is 4. The molecule has 1 N–H and O–H groups in total. The second kappa shape index (κ2) is 8.99. The Morgan fingerprint density at radius 3 is 2.52 bits per heavy atom. The summed E-state index contributed by atoms with van der Waals surface area (Å²) in [6, 6.07) is 21.0. The molecule has 6 heteroatoms. The third kappa shape index (κ3) is 4.83. The molecule has 0 spiro atoms. The van der Waals surface area contributed by atoms with Gasteiger partial charge in [-0.1, -0.05) is 42.5 Å². The third-order valence-corrected chi connectivity index (χ3v) is 6.26. The minimum atomic E-state index is -0.213. The lowest BCUT2D eigenvalue weighted by atomic mass is 9.88. The quantitative estimate of drug-likeness (QED) is 0.695. The number of nitrogens with zero attached hydrogens (tertiary/aromatic N) is 5. The van der Waals surface area contributed by atoms with Crippen molar-refractivity contribution < 1.29 is 4.90 Å². The fourth-order valence-corrected chi connectivity index (χ4v) is 4.70. The van der Waals surface area contributed by atoms with Crippen molar-refractivity contribution in [2.75, 3.05) is 13.1 Å². The van der Waals surface area contributed by atoms with Crippen LogP contribution in [0.15, 0.2) is 54.6 Å². The van der Waals surface area contributed by atoms with E-state index in [9.17, 15) is 5.26 Å². The van der Waals surface area contributed by atoms with Crippen LogP contribution in [0.2, 0.25) is 0 Å². The number of hydrogen-bond acceptors (Lipinski definition) is 4. The van der Waals surface area contributed by atoms with E-state index in [0.717, 1.165) is 30.9 Å². The number of rotatable bonds is 5. The van der Waals surface area contributed by atoms with Gasteiger partial charge in [0.25, 0.3) is 0 Å². The number of nitriles is 1. The highest BCUT2D eigenvalue weighted by atomic mass is 15.6. The maximum absolute atomic E-state index is 9.44. The number of nitrogens with one attached hydrogen (secondary N) is 1. The van der Waals surface area contributed by atoms with E-state index in [1.54, 1.807) is 0 Å². The Hall–Kier alpha value is -3.04. The van der Waals surface area contributed by atoms with Gasteiger partial charge in [-0.05, 0) is 74.1 Å². The molecule has 2 aromatic carbocycles. The van der Waals surface area contributed by atoms with Gasteiger partial charge in [0.15, 0.2) is 6.04 Å². The van der Waals surface area contributed by atoms with E-state index in [1.165, 1.54) is 23.3 Å². The van der Waals surface area contributed by atoms with Crippen molar-refractivity contribution in [2.24, 2.45) is 5.92 Å². The molecule has 1 fully saturated rings. The van der Waals surface area contributed by atoms with Gasteiger partial charge in [-0.15, -0.1) is 5.10 Å². The van der Waals surface area contributed by atoms with Gasteiger partial charge in [0.05, 0.1) is 30.3 Å². The monoisotopic (exact) mass is 415 g/mol. The van der Waals surface area contributed by atoms with Crippen LogP contribution in [0.5, 0.6) is 0 Å². The van der Waals surface area contributed by atoms with Crippen LogP contribution >= 0.6 is 0 Å². The summed E-state index contributed by atoms with van der Waals surface area (Å²) in [7, 11) is 0. The van der Waals surface area contributed by atoms with Crippen molar-refractivity contribution in [3.63, 3.8) is 0 Å². The molecule has 1 atom stereocenters. The Labute approximate surface area is 184 Å². The first-order valence-electron chi connectivity index (χ1n) is 11.1. The lowest BCUT2D eigenvalue weighted by Gasteiger charge is -2.35. The first-order valence-corrected chi connectivity index (χ1v) is 11.1. The molecule has 1 saturated heterocycles. The molecule has 1 aliphatic rings. The zero-order valence-corrected chi connectivity index (χ0v) is 18.6. The molecule has 0 amide bonds. The third-order valence-electron chi connectivity index (χ3n) is 6.26. The molecule has 1 aliphatic heterocycles. The van der Waals surface area contributed by atoms with Gasteiger partial charge >= 0.3 is 0 Å². The fourth-order valence-electron chi connectivity index (χ4n) is 4.70. The number of likely N-dealkylation sites (tertiary alicyclic amines) is 1. The van der Waals surface area contributed by atoms with Crippen molar-refractivity contribution in [1.82, 2.24) is 20.2 Å². The Morgan fingerprint density at radius 1 is 1.10 bits per heavy atom. The molecular weight excluding hydrogens is 384 g/mol. The predicted molar refractivity (Wildman–Crippen MR) is 119 cm³/mol. The summed E-state index contributed by atoms with van der Waals surface area (Å²) in [6.07, 6.45) is 3.49. The molecular formula is C25H31N6+. The summed E-state index contributed by atoms with van der Waals surface area (Å²) in [6.45, 7) is 8.50. The van der Waals surface area contributed by atoms with Crippen LogP contribution in [0.25, 0.3) is 0 Å². The molecule has 0 bridgehead atoms. The van der Waals surface area contributed by atoms with Crippen LogP contribution in [-0.2, 0) is 12.0 Å². The summed E-state index contributed by atoms with van der Waals surface area (Å²) in [4.78, 5) is 1.47. The van der Waals surface area contributed by atoms with Crippen LogP contribution in [0.1, 0.15) is 62.2 Å². The topological polar surface area (TPSA) is 71.8 Å². The van der Waals surface area contributed by atoms with Gasteiger partial charge in [0.2, 0.25) is 5.82 Å². The summed E-state index contributed by atoms with van der Waals surface area (Å²) in [5, 5.41) is 22.3. The van der Waals surface area contributed by atoms with Crippen molar-refractivity contribution in [2.45, 2.75) is 51.6 Å². The van der Waals surface area contributed by atoms with Crippen molar-refractivity contribution in [3.05, 3.63) is 77.1 Å². The minimum Gasteiger partial charge on any atom is -0.322 e. The predicted octanol–water partition coefficient (Wildman–Crippen LogP) is 2.93. The lowest BCUT2D eigenvalue weighted by Crippen LogP contribution is -3.13. The highest BCUT2D eigenvalue weighted by Gasteiger charge is 2.36. The van der Waals surface area contributed by atoms with Crippen LogP contribution < -0.4 is 4.90 Å². The van der Waals surface area contributed by atoms with Gasteiger partial charge in [0, 0.05) is 5.56 Å². The molecule has 0 saturated carbocycles. The smallest absolute Gasteiger partial charge is 0.214 e. The molecule has 0 radical (unpaired) electrons. The zero-order valence-electron chi connectivity index (χ0n) is 18.6. The summed E-state index contributed by atoms with van der Waals surface area (Å²) in [5.74, 6) is 1.58. The molecule has 3 aromatic rings. The van der Waals surface area contributed by atoms with Crippen LogP contribution in [0.3, 0.4) is 0 Å². The summed E-state index contributed by atoms with van der Waals surface area (Å²) in [5.41, 5.74) is 2.99. The van der Waals surface area contributed by atoms with E-state index in [4.69, 9.17) is 0 Å². The zero-order chi connectivity index (χ0) is 21.8. The molecule has 1 aromatic heterocycles. The average molecular weight is 416 g/mol. The lowest BCUT2D eigenvalue weighted by molar-refractivity contribution is -0.932. The van der Waals surface area contributed by atoms with Gasteiger partial charge in [0.1, 0.15) is 0 Å². The number of benzene rings is 2. The average Bonchev–Trinajstić information content (AvgIpc) is 3.26. The summed E-state index contributed by atoms with van der Waals surface area (Å²) >= 11 is 0. The van der Waals surface area contributed by atoms with Crippen molar-refractivity contribution in [3.8, 4) is 6.07 Å². The molecule has 6 nitrogen and oxygen atoms in total. The van der Waals surface area contributed by atoms with E-state index in [0.29, 0.717) is 11.5 Å². The van der Waals surface area contributed by atoms with Crippen molar-refractivity contribution >= 4 is 0 Å². The molecule has 4 rings (SSSR count). The SMILES string of the molecule is CC(C)(C)n1nnnc1[C@@H](c1cccc(C#N)c1)[NH+]1CCC(Cc2ccccc2)CC1. The van der Waals surface area contributed by atoms with Gasteiger partial charge in [-0.2, -0.15) is 5.26 Å². The highest BCUT2D eigenvalue weighted by Crippen LogP contribution is 2.25. The molecule has 160 valence electrons. The van der Waals surface area contributed by atoms with Crippen molar-refractivity contribution in [1.29, 1.82) is 5.26 Å². The van der Waals surface area contributed by atoms with E-state index >= 15 is 0 Å². The normalized spacial score (nSPS) is 20.2. The number of quaternary nitrogens is 1. The van der Waals surface area contributed by atoms with Crippen LogP contribution in [0.4, 0.5) is 0 Å². The number of hydrogen-bond donors (Lipinski definition) is 1. The molecule has 0 aliphatic carbocycles. The second-order valence-corrected chi connectivity index (χ2v) is 9.58. The van der Waals surface area contributed by atoms with Gasteiger partial charge in [-0.25, -0.2) is 4.68 Å². The molecule has 0 unspecified atom stereocenters. The van der Waals surface area contributed by atoms with Gasteiger partial charge < -0.3 is 4.90 Å². The standard InChI is InChI=1S/C25H30N6/c1-25(2,3)31-24(27-28-29-31)23(22-11-7-10-21(17-22)18-26)30-14-12-20(13-15-30)16-19-8-5-4-6-9-19/h4-11,17,20,23H,12-16H2,1-3H3/p+1/t23-/m1/s1. The van der Waals surface area contributed by atoms with E-state index < -0.39 is 0 Å². The first kappa shape index (κ1) is 21.2. The highest BCUT2D eigenvalue weighted by molar-refractivity contribution is 5.35. The van der Waals surface area contributed by atoms with E-state index in [2.05, 4.69) is 78.8 Å². The largest absolute Gasteiger partial charge is 0.322 e. The van der Waals surface area contributed by atoms with Crippen LogP contribution in [0, 0.1) is 17.2 Å². The molecule has 31 heavy (non-hydrogen) atoms. The molecule has 2 heterocycles. The summed E-state index contributed by atoms with van der Waals surface area (Å²) < 4.78 is 1.94. The van der Waals surface area contributed by atoms with E-state index in [1.807, 2.05) is 22.9 Å². The Kier molecular flexibility index (Phi) is 6.15. The van der Waals surface area contributed by atoms with Crippen LogP contribution in [-0.4, -0.2) is 33.3 Å². The second-order valence-electron chi connectivity index (χ2n) is 9.58. The maximum Gasteiger partial charge on any atom is 0.214 e. The number of tetrazole rings is 1. The van der Waals surface area contributed by atoms with E-state index in [-0.39, 0.29) is 11.6 Å². The first-order chi connectivity index (χ1) is 15.0. The van der Waals surface area contributed by atoms with Gasteiger partial charge in [-0.3, -0.25) is 0 Å². The Morgan fingerprint density at radius 2 is 1.84 bits per heavy atom. The Bertz CT molecular complexity index is 1040. The minimum absolute atomic E-state index is 0.0141.